The molecule has 3 aromatic heterocycles. The second-order valence-electron chi connectivity index (χ2n) is 14.1. The molecule has 2 aliphatic heterocycles. The van der Waals surface area contributed by atoms with E-state index in [4.69, 9.17) is 25.7 Å². The number of nitrogens with zero attached hydrogens (tertiary/aromatic N) is 4. The Hall–Kier alpha value is -6.23. The van der Waals surface area contributed by atoms with Gasteiger partial charge in [-0.1, -0.05) is 144 Å². The summed E-state index contributed by atoms with van der Waals surface area (Å²) < 4.78 is 0. The van der Waals surface area contributed by atoms with E-state index in [9.17, 15) is 0 Å². The SMILES string of the molecule is Cc1ccc(-c2c3nc(c(-c4ccc(C)cc4)c4ccc([n-]4)c(-c4ccc(C)cc4)c4ccc([n-]4)c(-c4ccc(C)cc4)c4nc2C=C4N)C=C3)cc1.[Ni+2]. The van der Waals surface area contributed by atoms with Gasteiger partial charge in [0.05, 0.1) is 28.5 Å². The maximum atomic E-state index is 6.98. The Morgan fingerprint density at radius 1 is 0.389 bits per heavy atom. The maximum absolute atomic E-state index is 6.98. The van der Waals surface area contributed by atoms with Crippen LogP contribution in [0.4, 0.5) is 0 Å². The van der Waals surface area contributed by atoms with Crippen LogP contribution in [-0.4, -0.2) is 9.97 Å². The van der Waals surface area contributed by atoms with Crippen molar-refractivity contribution >= 4 is 46.0 Å². The van der Waals surface area contributed by atoms with Gasteiger partial charge >= 0.3 is 16.5 Å². The van der Waals surface area contributed by atoms with Crippen LogP contribution in [0.15, 0.2) is 121 Å². The Bertz CT molecular complexity index is 2780. The second kappa shape index (κ2) is 14.0. The van der Waals surface area contributed by atoms with Crippen LogP contribution in [0.25, 0.3) is 90.5 Å². The molecule has 0 saturated heterocycles. The molecule has 0 atom stereocenters. The van der Waals surface area contributed by atoms with Crippen LogP contribution in [0, 0.1) is 27.7 Å². The van der Waals surface area contributed by atoms with Gasteiger partial charge in [0.25, 0.3) is 0 Å². The van der Waals surface area contributed by atoms with Gasteiger partial charge < -0.3 is 15.7 Å². The van der Waals surface area contributed by atoms with Crippen LogP contribution in [0.5, 0.6) is 0 Å². The monoisotopic (exact) mass is 741 g/mol. The summed E-state index contributed by atoms with van der Waals surface area (Å²) in [7, 11) is 0. The van der Waals surface area contributed by atoms with Gasteiger partial charge in [-0.3, -0.25) is 0 Å². The first-order chi connectivity index (χ1) is 25.8. The van der Waals surface area contributed by atoms with Gasteiger partial charge in [0.2, 0.25) is 0 Å². The molecule has 0 radical (unpaired) electrons. The molecule has 54 heavy (non-hydrogen) atoms. The number of fused-ring (bicyclic) bond motifs is 8. The van der Waals surface area contributed by atoms with E-state index < -0.39 is 0 Å². The van der Waals surface area contributed by atoms with Crippen LogP contribution in [0.2, 0.25) is 0 Å². The molecule has 8 bridgehead atoms. The summed E-state index contributed by atoms with van der Waals surface area (Å²) in [6, 6.07) is 42.5. The first-order valence-electron chi connectivity index (χ1n) is 17.9. The van der Waals surface area contributed by atoms with Gasteiger partial charge in [-0.2, -0.15) is 0 Å². The van der Waals surface area contributed by atoms with Crippen molar-refractivity contribution in [1.82, 2.24) is 19.9 Å². The normalized spacial score (nSPS) is 12.0. The van der Waals surface area contributed by atoms with Crippen molar-refractivity contribution in [1.29, 1.82) is 0 Å². The molecule has 5 heterocycles. The molecule has 0 amide bonds. The molecule has 2 aliphatic rings. The van der Waals surface area contributed by atoms with Gasteiger partial charge in [-0.05, 0) is 84.9 Å². The van der Waals surface area contributed by atoms with Crippen molar-refractivity contribution in [3.8, 4) is 44.5 Å². The minimum Gasteiger partial charge on any atom is -0.657 e. The summed E-state index contributed by atoms with van der Waals surface area (Å²) in [5.74, 6) is 0. The van der Waals surface area contributed by atoms with E-state index in [1.165, 1.54) is 22.3 Å². The van der Waals surface area contributed by atoms with E-state index in [1.54, 1.807) is 0 Å². The molecule has 6 heteroatoms. The summed E-state index contributed by atoms with van der Waals surface area (Å²) in [6.45, 7) is 8.39. The number of benzene rings is 4. The quantitative estimate of drug-likeness (QED) is 0.182. The van der Waals surface area contributed by atoms with Crippen molar-refractivity contribution < 1.29 is 16.5 Å². The van der Waals surface area contributed by atoms with Gasteiger partial charge in [0.1, 0.15) is 0 Å². The molecule has 5 nitrogen and oxygen atoms in total. The van der Waals surface area contributed by atoms with E-state index in [2.05, 4.69) is 161 Å². The molecule has 0 aliphatic carbocycles. The molecule has 7 aromatic rings. The Labute approximate surface area is 325 Å². The summed E-state index contributed by atoms with van der Waals surface area (Å²) in [5, 5.41) is 0. The number of aryl methyl sites for hydroxylation is 4. The van der Waals surface area contributed by atoms with Gasteiger partial charge in [0, 0.05) is 5.56 Å². The molecule has 0 unspecified atom stereocenters. The number of rotatable bonds is 4. The largest absolute Gasteiger partial charge is 2.00 e. The third-order valence-corrected chi connectivity index (χ3v) is 10.1. The molecule has 0 saturated carbocycles. The zero-order valence-corrected chi connectivity index (χ0v) is 31.4. The zero-order valence-electron chi connectivity index (χ0n) is 30.5. The first-order valence-corrected chi connectivity index (χ1v) is 17.9. The number of nitrogens with two attached hydrogens (primary N) is 1. The fraction of sp³-hybridized carbons (Fsp3) is 0.0833. The van der Waals surface area contributed by atoms with Gasteiger partial charge in [-0.25, -0.2) is 9.97 Å². The van der Waals surface area contributed by atoms with Crippen molar-refractivity contribution in [3.05, 3.63) is 166 Å². The summed E-state index contributed by atoms with van der Waals surface area (Å²) in [6.07, 6.45) is 6.16. The predicted octanol–water partition coefficient (Wildman–Crippen LogP) is 11.1. The van der Waals surface area contributed by atoms with E-state index >= 15 is 0 Å². The van der Waals surface area contributed by atoms with E-state index in [0.717, 1.165) is 83.7 Å². The van der Waals surface area contributed by atoms with Gasteiger partial charge in [-0.15, -0.1) is 22.1 Å². The summed E-state index contributed by atoms with van der Waals surface area (Å²) >= 11 is 0. The maximum Gasteiger partial charge on any atom is 2.00 e. The summed E-state index contributed by atoms with van der Waals surface area (Å²) in [4.78, 5) is 21.4. The minimum absolute atomic E-state index is 0. The minimum atomic E-state index is 0. The van der Waals surface area contributed by atoms with Crippen LogP contribution >= 0.6 is 0 Å². The Balaban J connectivity index is 0.00000413. The summed E-state index contributed by atoms with van der Waals surface area (Å²) in [5.41, 5.74) is 26.5. The van der Waals surface area contributed by atoms with Crippen LogP contribution in [0.3, 0.4) is 0 Å². The van der Waals surface area contributed by atoms with Crippen molar-refractivity contribution in [2.24, 2.45) is 5.73 Å². The molecule has 264 valence electrons. The Morgan fingerprint density at radius 3 is 1.20 bits per heavy atom. The second-order valence-corrected chi connectivity index (χ2v) is 14.1. The molecular formula is C48H37N5Ni. The average Bonchev–Trinajstić information content (AvgIpc) is 3.99. The zero-order chi connectivity index (χ0) is 36.2. The van der Waals surface area contributed by atoms with E-state index in [-0.39, 0.29) is 16.5 Å². The van der Waals surface area contributed by atoms with E-state index in [0.29, 0.717) is 11.4 Å². The predicted molar refractivity (Wildman–Crippen MR) is 221 cm³/mol. The number of aromatic nitrogens is 4. The molecule has 2 N–H and O–H groups in total. The standard InChI is InChI=1S/C48H37N5.Ni/c1-28-5-13-32(14-6-28)44-37-21-22-38(50-37)45(33-15-7-29(2)8-16-33)40-25-26-42(52-40)47(35-19-11-31(4)12-20-35)48-36(49)27-43(53-48)46(41-24-23-39(44)51-41)34-17-9-30(3)10-18-34;/h5-27H,49H2,1-4H3;/q-2;+2. The van der Waals surface area contributed by atoms with Gasteiger partial charge in [0.15, 0.2) is 0 Å². The first kappa shape index (κ1) is 34.8. The van der Waals surface area contributed by atoms with E-state index in [1.807, 2.05) is 6.08 Å². The molecule has 0 fully saturated rings. The number of hydrogen-bond acceptors (Lipinski definition) is 3. The smallest absolute Gasteiger partial charge is 0.657 e. The number of hydrogen-bond donors (Lipinski definition) is 1. The van der Waals surface area contributed by atoms with Crippen LogP contribution < -0.4 is 15.7 Å². The Kier molecular flexibility index (Phi) is 9.01. The molecule has 0 spiro atoms. The molecule has 9 rings (SSSR count). The Morgan fingerprint density at radius 2 is 0.741 bits per heavy atom. The van der Waals surface area contributed by atoms with Crippen LogP contribution in [-0.2, 0) is 16.5 Å². The van der Waals surface area contributed by atoms with Crippen LogP contribution in [0.1, 0.15) is 45.0 Å². The fourth-order valence-electron chi connectivity index (χ4n) is 7.25. The molecule has 4 aromatic carbocycles. The third-order valence-electron chi connectivity index (χ3n) is 10.1. The van der Waals surface area contributed by atoms with Crippen molar-refractivity contribution in [2.75, 3.05) is 0 Å². The fourth-order valence-corrected chi connectivity index (χ4v) is 7.25. The third kappa shape index (κ3) is 6.29. The average molecular weight is 743 g/mol. The van der Waals surface area contributed by atoms with Crippen molar-refractivity contribution in [3.63, 3.8) is 0 Å². The van der Waals surface area contributed by atoms with Crippen molar-refractivity contribution in [2.45, 2.75) is 27.7 Å². The topological polar surface area (TPSA) is 80.0 Å². The molecular weight excluding hydrogens is 705 g/mol.